The number of hydrogen-bond acceptors (Lipinski definition) is 5. The fourth-order valence-corrected chi connectivity index (χ4v) is 5.35. The van der Waals surface area contributed by atoms with Gasteiger partial charge < -0.3 is 10.1 Å². The zero-order valence-electron chi connectivity index (χ0n) is 20.3. The van der Waals surface area contributed by atoms with E-state index in [1.54, 1.807) is 0 Å². The van der Waals surface area contributed by atoms with Crippen molar-refractivity contribution in [3.05, 3.63) is 70.9 Å². The number of allylic oxidation sites excluding steroid dienone is 1. The molecule has 5 rings (SSSR count). The number of nitrogens with one attached hydrogen (secondary N) is 1. The van der Waals surface area contributed by atoms with Crippen LogP contribution in [0.15, 0.2) is 59.8 Å². The van der Waals surface area contributed by atoms with E-state index in [1.807, 2.05) is 36.1 Å². The molecular weight excluding hydrogens is 426 g/mol. The van der Waals surface area contributed by atoms with E-state index in [1.165, 1.54) is 0 Å². The van der Waals surface area contributed by atoms with Gasteiger partial charge in [0.25, 0.3) is 0 Å². The second-order valence-corrected chi connectivity index (χ2v) is 10.4. The largest absolute Gasteiger partial charge is 0.379 e. The summed E-state index contributed by atoms with van der Waals surface area (Å²) in [5.41, 5.74) is 5.29. The molecule has 1 fully saturated rings. The average Bonchev–Trinajstić information content (AvgIpc) is 2.94. The summed E-state index contributed by atoms with van der Waals surface area (Å²) < 4.78 is 5.48. The minimum atomic E-state index is -0.469. The molecule has 0 aromatic heterocycles. The number of fused-ring (bicyclic) bond motifs is 1. The lowest BCUT2D eigenvalue weighted by atomic mass is 9.73. The fraction of sp³-hybridized carbons (Fsp3) is 0.429. The summed E-state index contributed by atoms with van der Waals surface area (Å²) in [5, 5.41) is 3.58. The van der Waals surface area contributed by atoms with Crippen LogP contribution in [0.1, 0.15) is 43.9 Å². The maximum Gasteiger partial charge on any atom is 0.242 e. The topological polar surface area (TPSA) is 61.9 Å². The van der Waals surface area contributed by atoms with Crippen molar-refractivity contribution in [3.8, 4) is 0 Å². The van der Waals surface area contributed by atoms with Crippen LogP contribution in [-0.4, -0.2) is 49.4 Å². The first-order chi connectivity index (χ1) is 16.3. The van der Waals surface area contributed by atoms with Crippen LogP contribution in [0.3, 0.4) is 0 Å². The molecule has 1 saturated heterocycles. The van der Waals surface area contributed by atoms with Gasteiger partial charge >= 0.3 is 0 Å². The summed E-state index contributed by atoms with van der Waals surface area (Å²) in [4.78, 5) is 31.7. The number of rotatable bonds is 3. The number of benzene rings is 2. The van der Waals surface area contributed by atoms with Gasteiger partial charge in [-0.1, -0.05) is 55.8 Å². The first kappa shape index (κ1) is 22.8. The van der Waals surface area contributed by atoms with E-state index in [4.69, 9.17) is 4.74 Å². The minimum absolute atomic E-state index is 0.00638. The second-order valence-electron chi connectivity index (χ2n) is 10.4. The maximum atomic E-state index is 14.0. The molecule has 0 bridgehead atoms. The molecule has 0 spiro atoms. The van der Waals surface area contributed by atoms with Gasteiger partial charge in [-0.3, -0.25) is 19.4 Å². The quantitative estimate of drug-likeness (QED) is 0.734. The van der Waals surface area contributed by atoms with E-state index in [2.05, 4.69) is 48.3 Å². The summed E-state index contributed by atoms with van der Waals surface area (Å²) in [7, 11) is 0. The van der Waals surface area contributed by atoms with Gasteiger partial charge in [-0.2, -0.15) is 0 Å². The molecule has 1 N–H and O–H groups in total. The molecule has 1 atom stereocenters. The molecule has 2 heterocycles. The molecule has 1 aliphatic carbocycles. The van der Waals surface area contributed by atoms with Gasteiger partial charge in [0.15, 0.2) is 5.78 Å². The van der Waals surface area contributed by atoms with Crippen molar-refractivity contribution in [1.82, 2.24) is 4.90 Å². The van der Waals surface area contributed by atoms with Gasteiger partial charge in [-0.25, -0.2) is 0 Å². The Kier molecular flexibility index (Phi) is 6.04. The van der Waals surface area contributed by atoms with Crippen molar-refractivity contribution in [1.29, 1.82) is 0 Å². The Morgan fingerprint density at radius 1 is 1.06 bits per heavy atom. The normalized spacial score (nSPS) is 22.5. The first-order valence-electron chi connectivity index (χ1n) is 12.1. The number of ketones is 1. The van der Waals surface area contributed by atoms with Crippen LogP contribution in [0.5, 0.6) is 0 Å². The summed E-state index contributed by atoms with van der Waals surface area (Å²) >= 11 is 0. The van der Waals surface area contributed by atoms with Crippen LogP contribution in [0.2, 0.25) is 0 Å². The number of morpholine rings is 1. The van der Waals surface area contributed by atoms with Gasteiger partial charge in [-0.15, -0.1) is 0 Å². The number of hydrogen-bond donors (Lipinski definition) is 1. The number of para-hydroxylation sites is 2. The molecule has 0 radical (unpaired) electrons. The molecule has 0 unspecified atom stereocenters. The third-order valence-electron chi connectivity index (χ3n) is 7.03. The Labute approximate surface area is 201 Å². The Morgan fingerprint density at radius 2 is 1.76 bits per heavy atom. The molecule has 2 aromatic carbocycles. The highest BCUT2D eigenvalue weighted by Crippen LogP contribution is 2.48. The lowest BCUT2D eigenvalue weighted by Crippen LogP contribution is -2.47. The molecule has 34 heavy (non-hydrogen) atoms. The van der Waals surface area contributed by atoms with E-state index in [0.29, 0.717) is 26.2 Å². The van der Waals surface area contributed by atoms with Crippen LogP contribution in [-0.2, 0) is 14.3 Å². The second kappa shape index (κ2) is 9.01. The number of amides is 1. The highest BCUT2D eigenvalue weighted by atomic mass is 16.5. The minimum Gasteiger partial charge on any atom is -0.379 e. The number of aryl methyl sites for hydroxylation is 1. The smallest absolute Gasteiger partial charge is 0.242 e. The van der Waals surface area contributed by atoms with Crippen molar-refractivity contribution < 1.29 is 14.3 Å². The van der Waals surface area contributed by atoms with Crippen molar-refractivity contribution in [3.63, 3.8) is 0 Å². The third kappa shape index (κ3) is 4.40. The Morgan fingerprint density at radius 3 is 2.50 bits per heavy atom. The van der Waals surface area contributed by atoms with Crippen LogP contribution in [0.4, 0.5) is 11.4 Å². The van der Waals surface area contributed by atoms with Gasteiger partial charge in [0.2, 0.25) is 5.91 Å². The Balaban J connectivity index is 1.67. The predicted octanol–water partition coefficient (Wildman–Crippen LogP) is 4.47. The van der Waals surface area contributed by atoms with Crippen molar-refractivity contribution in [2.45, 2.75) is 39.7 Å². The number of ether oxygens (including phenoxy) is 1. The fourth-order valence-electron chi connectivity index (χ4n) is 5.35. The molecule has 178 valence electrons. The summed E-state index contributed by atoms with van der Waals surface area (Å²) in [6.45, 7) is 9.35. The number of nitrogens with zero attached hydrogens (tertiary/aromatic N) is 2. The standard InChI is InChI=1S/C28H33N3O3/c1-19-8-10-20(11-9-19)27-26-22(16-28(2,3)17-24(26)32)29-21-6-4-5-7-23(21)31(27)25(33)18-30-12-14-34-15-13-30/h4-11,27,29H,12-18H2,1-3H3/t27-/m0/s1. The molecular formula is C28H33N3O3. The Bertz CT molecular complexity index is 1130. The zero-order chi connectivity index (χ0) is 23.9. The highest BCUT2D eigenvalue weighted by molar-refractivity contribution is 6.06. The predicted molar refractivity (Wildman–Crippen MR) is 134 cm³/mol. The molecule has 3 aliphatic rings. The van der Waals surface area contributed by atoms with Crippen molar-refractivity contribution in [2.24, 2.45) is 5.41 Å². The SMILES string of the molecule is Cc1ccc([C@H]2C3=C(CC(C)(C)CC3=O)Nc3ccccc3N2C(=O)CN2CCOCC2)cc1. The van der Waals surface area contributed by atoms with Crippen LogP contribution in [0.25, 0.3) is 0 Å². The number of carbonyl (C=O) groups is 2. The van der Waals surface area contributed by atoms with Crippen molar-refractivity contribution in [2.75, 3.05) is 43.1 Å². The first-order valence-corrected chi connectivity index (χ1v) is 12.1. The van der Waals surface area contributed by atoms with E-state index < -0.39 is 6.04 Å². The molecule has 2 aromatic rings. The number of Topliss-reactive ketones (excluding diaryl/α,β-unsaturated/α-hetero) is 1. The highest BCUT2D eigenvalue weighted by Gasteiger charge is 2.43. The molecule has 1 amide bonds. The zero-order valence-corrected chi connectivity index (χ0v) is 20.3. The van der Waals surface area contributed by atoms with E-state index in [0.717, 1.165) is 53.3 Å². The molecule has 6 nitrogen and oxygen atoms in total. The van der Waals surface area contributed by atoms with E-state index in [-0.39, 0.29) is 17.1 Å². The Hall–Kier alpha value is -2.96. The van der Waals surface area contributed by atoms with Gasteiger partial charge in [-0.05, 0) is 36.5 Å². The van der Waals surface area contributed by atoms with E-state index >= 15 is 0 Å². The molecule has 2 aliphatic heterocycles. The van der Waals surface area contributed by atoms with E-state index in [9.17, 15) is 9.59 Å². The molecule has 0 saturated carbocycles. The van der Waals surface area contributed by atoms with Crippen LogP contribution < -0.4 is 10.2 Å². The van der Waals surface area contributed by atoms with Crippen molar-refractivity contribution >= 4 is 23.1 Å². The van der Waals surface area contributed by atoms with Gasteiger partial charge in [0.05, 0.1) is 37.2 Å². The van der Waals surface area contributed by atoms with Crippen LogP contribution in [0, 0.1) is 12.3 Å². The third-order valence-corrected chi connectivity index (χ3v) is 7.03. The number of anilines is 2. The lowest BCUT2D eigenvalue weighted by molar-refractivity contribution is -0.121. The van der Waals surface area contributed by atoms with Gasteiger partial charge in [0, 0.05) is 30.8 Å². The molecule has 6 heteroatoms. The van der Waals surface area contributed by atoms with Gasteiger partial charge in [0.1, 0.15) is 0 Å². The summed E-state index contributed by atoms with van der Waals surface area (Å²) in [5.74, 6) is 0.106. The van der Waals surface area contributed by atoms with Crippen LogP contribution >= 0.6 is 0 Å². The summed E-state index contributed by atoms with van der Waals surface area (Å²) in [6.07, 6.45) is 1.23. The average molecular weight is 460 g/mol. The number of carbonyl (C=O) groups excluding carboxylic acids is 2. The monoisotopic (exact) mass is 459 g/mol. The summed E-state index contributed by atoms with van der Waals surface area (Å²) in [6, 6.07) is 15.7. The maximum absolute atomic E-state index is 14.0. The lowest BCUT2D eigenvalue weighted by Gasteiger charge is -2.38.